The number of nitrogens with one attached hydrogen (secondary N) is 1. The second kappa shape index (κ2) is 13.4. The van der Waals surface area contributed by atoms with Crippen LogP contribution in [0.25, 0.3) is 6.08 Å². The average Bonchev–Trinajstić information content (AvgIpc) is 2.81. The number of thioether (sulfide) groups is 1. The molecule has 9 heteroatoms. The van der Waals surface area contributed by atoms with E-state index in [0.29, 0.717) is 23.5 Å². The molecule has 0 unspecified atom stereocenters. The maximum absolute atomic E-state index is 12.0. The second-order valence-corrected chi connectivity index (χ2v) is 8.75. The number of carbonyl (C=O) groups excluding carboxylic acids is 1. The molecule has 0 aliphatic carbocycles. The summed E-state index contributed by atoms with van der Waals surface area (Å²) in [7, 11) is 1.65. The third kappa shape index (κ3) is 8.43. The predicted octanol–water partition coefficient (Wildman–Crippen LogP) is 3.21. The van der Waals surface area contributed by atoms with E-state index in [2.05, 4.69) is 49.4 Å². The van der Waals surface area contributed by atoms with Crippen molar-refractivity contribution in [1.82, 2.24) is 20.2 Å². The monoisotopic (exact) mass is 475 g/mol. The molecule has 3 rings (SSSR count). The predicted molar refractivity (Wildman–Crippen MR) is 131 cm³/mol. The number of piperazine rings is 1. The molecule has 1 N–H and O–H groups in total. The lowest BCUT2D eigenvalue weighted by Crippen LogP contribution is -2.46. The molecule has 2 aromatic rings. The molecule has 1 aromatic heterocycles. The smallest absolute Gasteiger partial charge is 0.230 e. The largest absolute Gasteiger partial charge is 0.385 e. The lowest BCUT2D eigenvalue weighted by atomic mass is 10.2. The van der Waals surface area contributed by atoms with Crippen molar-refractivity contribution in [1.29, 1.82) is 0 Å². The molecule has 1 aromatic carbocycles. The fraction of sp³-hybridized carbons (Fsp3) is 0.435. The third-order valence-electron chi connectivity index (χ3n) is 5.01. The molecule has 1 aliphatic rings. The van der Waals surface area contributed by atoms with E-state index < -0.39 is 0 Å². The molecule has 172 valence electrons. The van der Waals surface area contributed by atoms with Crippen molar-refractivity contribution in [2.75, 3.05) is 63.6 Å². The van der Waals surface area contributed by atoms with Crippen LogP contribution in [0.3, 0.4) is 0 Å². The van der Waals surface area contributed by atoms with Crippen LogP contribution >= 0.6 is 23.4 Å². The van der Waals surface area contributed by atoms with Crippen molar-refractivity contribution in [3.63, 3.8) is 0 Å². The zero-order valence-electron chi connectivity index (χ0n) is 18.4. The number of hydrogen-bond donors (Lipinski definition) is 1. The number of benzene rings is 1. The number of carbonyl (C=O) groups is 1. The molecule has 7 nitrogen and oxygen atoms in total. The van der Waals surface area contributed by atoms with E-state index in [1.807, 2.05) is 18.2 Å². The van der Waals surface area contributed by atoms with Gasteiger partial charge in [-0.05, 0) is 12.0 Å². The molecule has 2 heterocycles. The van der Waals surface area contributed by atoms with Crippen LogP contribution in [0, 0.1) is 0 Å². The Bertz CT molecular complexity index is 876. The Kier molecular flexibility index (Phi) is 10.3. The van der Waals surface area contributed by atoms with Gasteiger partial charge in [0.15, 0.2) is 5.16 Å². The van der Waals surface area contributed by atoms with Crippen LogP contribution in [-0.2, 0) is 9.53 Å². The fourth-order valence-corrected chi connectivity index (χ4v) is 4.21. The molecular weight excluding hydrogens is 446 g/mol. The zero-order valence-corrected chi connectivity index (χ0v) is 19.9. The second-order valence-electron chi connectivity index (χ2n) is 7.42. The highest BCUT2D eigenvalue weighted by atomic mass is 35.5. The quantitative estimate of drug-likeness (QED) is 0.231. The van der Waals surface area contributed by atoms with Crippen LogP contribution in [0.4, 0.5) is 5.82 Å². The SMILES string of the molecule is COCCCNC(=O)CSc1nc(Cl)cc(N2CCN(C/C=C/c3ccccc3)CC2)n1. The number of anilines is 1. The summed E-state index contributed by atoms with van der Waals surface area (Å²) in [5, 5.41) is 3.78. The van der Waals surface area contributed by atoms with Gasteiger partial charge in [0.1, 0.15) is 11.0 Å². The average molecular weight is 476 g/mol. The molecule has 1 amide bonds. The van der Waals surface area contributed by atoms with Gasteiger partial charge in [-0.15, -0.1) is 0 Å². The van der Waals surface area contributed by atoms with Gasteiger partial charge >= 0.3 is 0 Å². The van der Waals surface area contributed by atoms with Gasteiger partial charge < -0.3 is 15.0 Å². The van der Waals surface area contributed by atoms with Crippen LogP contribution in [0.15, 0.2) is 47.6 Å². The summed E-state index contributed by atoms with van der Waals surface area (Å²) in [4.78, 5) is 25.5. The number of rotatable bonds is 11. The molecule has 32 heavy (non-hydrogen) atoms. The molecule has 0 bridgehead atoms. The van der Waals surface area contributed by atoms with Gasteiger partial charge in [-0.3, -0.25) is 9.69 Å². The van der Waals surface area contributed by atoms with Gasteiger partial charge in [-0.2, -0.15) is 0 Å². The topological polar surface area (TPSA) is 70.6 Å². The van der Waals surface area contributed by atoms with Crippen molar-refractivity contribution in [3.8, 4) is 0 Å². The van der Waals surface area contributed by atoms with Crippen LogP contribution in [-0.4, -0.2) is 79.5 Å². The standard InChI is InChI=1S/C23H30ClN5O2S/c1-31-16-6-10-25-22(30)18-32-23-26-20(24)17-21(27-23)29-14-12-28(13-15-29)11-5-9-19-7-3-2-4-8-19/h2-5,7-9,17H,6,10-16,18H2,1H3,(H,25,30)/b9-5+. The molecule has 0 radical (unpaired) electrons. The molecular formula is C23H30ClN5O2S. The van der Waals surface area contributed by atoms with E-state index in [0.717, 1.165) is 45.0 Å². The molecule has 1 aliphatic heterocycles. The first-order chi connectivity index (χ1) is 15.6. The van der Waals surface area contributed by atoms with Crippen molar-refractivity contribution < 1.29 is 9.53 Å². The minimum absolute atomic E-state index is 0.0478. The van der Waals surface area contributed by atoms with Gasteiger partial charge in [-0.1, -0.05) is 65.8 Å². The summed E-state index contributed by atoms with van der Waals surface area (Å²) in [6.45, 7) is 5.80. The van der Waals surface area contributed by atoms with E-state index >= 15 is 0 Å². The van der Waals surface area contributed by atoms with Gasteiger partial charge in [0.2, 0.25) is 5.91 Å². The Morgan fingerprint density at radius 3 is 2.75 bits per heavy atom. The molecule has 1 fully saturated rings. The Labute approximate surface area is 199 Å². The minimum atomic E-state index is -0.0478. The summed E-state index contributed by atoms with van der Waals surface area (Å²) in [6, 6.07) is 12.1. The van der Waals surface area contributed by atoms with E-state index in [-0.39, 0.29) is 11.7 Å². The highest BCUT2D eigenvalue weighted by Crippen LogP contribution is 2.22. The summed E-state index contributed by atoms with van der Waals surface area (Å²) < 4.78 is 4.98. The third-order valence-corrected chi connectivity index (χ3v) is 6.05. The first-order valence-electron chi connectivity index (χ1n) is 10.8. The first-order valence-corrected chi connectivity index (χ1v) is 12.1. The minimum Gasteiger partial charge on any atom is -0.385 e. The summed E-state index contributed by atoms with van der Waals surface area (Å²) in [5.74, 6) is 1.02. The molecule has 0 spiro atoms. The lowest BCUT2D eigenvalue weighted by Gasteiger charge is -2.35. The van der Waals surface area contributed by atoms with Crippen LogP contribution < -0.4 is 10.2 Å². The van der Waals surface area contributed by atoms with Crippen molar-refractivity contribution in [2.24, 2.45) is 0 Å². The maximum atomic E-state index is 12.0. The molecule has 0 atom stereocenters. The Morgan fingerprint density at radius 2 is 2.00 bits per heavy atom. The van der Waals surface area contributed by atoms with Gasteiger partial charge in [0, 0.05) is 59.1 Å². The van der Waals surface area contributed by atoms with E-state index in [1.54, 1.807) is 13.2 Å². The summed E-state index contributed by atoms with van der Waals surface area (Å²) >= 11 is 7.53. The van der Waals surface area contributed by atoms with Crippen LogP contribution in [0.2, 0.25) is 5.15 Å². The number of ether oxygens (including phenoxy) is 1. The van der Waals surface area contributed by atoms with E-state index in [1.165, 1.54) is 17.3 Å². The normalized spacial score (nSPS) is 14.8. The van der Waals surface area contributed by atoms with E-state index in [4.69, 9.17) is 16.3 Å². The zero-order chi connectivity index (χ0) is 22.6. The fourth-order valence-electron chi connectivity index (χ4n) is 3.30. The van der Waals surface area contributed by atoms with Gasteiger partial charge in [-0.25, -0.2) is 9.97 Å². The Hall–Kier alpha value is -2.13. The van der Waals surface area contributed by atoms with Crippen molar-refractivity contribution in [3.05, 3.63) is 53.2 Å². The molecule has 0 saturated carbocycles. The van der Waals surface area contributed by atoms with Gasteiger partial charge in [0.05, 0.1) is 5.75 Å². The Morgan fingerprint density at radius 1 is 1.22 bits per heavy atom. The number of amides is 1. The lowest BCUT2D eigenvalue weighted by molar-refractivity contribution is -0.118. The number of halogens is 1. The van der Waals surface area contributed by atoms with Gasteiger partial charge in [0.25, 0.3) is 0 Å². The van der Waals surface area contributed by atoms with Crippen LogP contribution in [0.5, 0.6) is 0 Å². The van der Waals surface area contributed by atoms with Crippen molar-refractivity contribution >= 4 is 41.2 Å². The number of methoxy groups -OCH3 is 1. The highest BCUT2D eigenvalue weighted by Gasteiger charge is 2.19. The first kappa shape index (κ1) is 24.5. The number of hydrogen-bond acceptors (Lipinski definition) is 7. The van der Waals surface area contributed by atoms with E-state index in [9.17, 15) is 4.79 Å². The Balaban J connectivity index is 1.45. The summed E-state index contributed by atoms with van der Waals surface area (Å²) in [6.07, 6.45) is 5.16. The number of aromatic nitrogens is 2. The maximum Gasteiger partial charge on any atom is 0.230 e. The van der Waals surface area contributed by atoms with Crippen LogP contribution in [0.1, 0.15) is 12.0 Å². The highest BCUT2D eigenvalue weighted by molar-refractivity contribution is 7.99. The summed E-state index contributed by atoms with van der Waals surface area (Å²) in [5.41, 5.74) is 1.22. The van der Waals surface area contributed by atoms with Crippen molar-refractivity contribution in [2.45, 2.75) is 11.6 Å². The number of nitrogens with zero attached hydrogens (tertiary/aromatic N) is 4. The molecule has 1 saturated heterocycles.